The first-order chi connectivity index (χ1) is 8.65. The van der Waals surface area contributed by atoms with Crippen molar-refractivity contribution in [2.24, 2.45) is 0 Å². The van der Waals surface area contributed by atoms with Crippen LogP contribution in [0, 0.1) is 5.82 Å². The second kappa shape index (κ2) is 5.44. The highest BCUT2D eigenvalue weighted by Crippen LogP contribution is 2.09. The molecule has 2 aromatic rings. The Hall–Kier alpha value is -2.17. The second-order valence-electron chi connectivity index (χ2n) is 3.92. The van der Waals surface area contributed by atoms with Crippen molar-refractivity contribution in [2.45, 2.75) is 20.1 Å². The van der Waals surface area contributed by atoms with Crippen LogP contribution in [0.4, 0.5) is 4.39 Å². The minimum atomic E-state index is -0.339. The first-order valence-electron chi connectivity index (χ1n) is 5.52. The molecule has 0 aliphatic carbocycles. The molecule has 0 spiro atoms. The highest BCUT2D eigenvalue weighted by Gasteiger charge is 2.05. The van der Waals surface area contributed by atoms with Crippen LogP contribution in [0.15, 0.2) is 36.8 Å². The van der Waals surface area contributed by atoms with E-state index in [9.17, 15) is 9.18 Å². The first kappa shape index (κ1) is 12.3. The topological polar surface area (TPSA) is 44.1 Å². The fourth-order valence-electron chi connectivity index (χ4n) is 1.62. The van der Waals surface area contributed by atoms with Gasteiger partial charge in [-0.1, -0.05) is 12.1 Å². The van der Waals surface area contributed by atoms with E-state index < -0.39 is 0 Å². The summed E-state index contributed by atoms with van der Waals surface area (Å²) in [6.45, 7) is 2.02. The van der Waals surface area contributed by atoms with E-state index in [1.807, 2.05) is 10.6 Å². The predicted octanol–water partition coefficient (Wildman–Crippen LogP) is 2.13. The van der Waals surface area contributed by atoms with E-state index in [1.54, 1.807) is 18.6 Å². The summed E-state index contributed by atoms with van der Waals surface area (Å²) in [5, 5.41) is 0. The third kappa shape index (κ3) is 3.16. The average Bonchev–Trinajstić information content (AvgIpc) is 2.74. The Kier molecular flexibility index (Phi) is 3.72. The van der Waals surface area contributed by atoms with E-state index in [1.165, 1.54) is 19.1 Å². The lowest BCUT2D eigenvalue weighted by atomic mass is 10.2. The number of nitrogens with zero attached hydrogens (tertiary/aromatic N) is 2. The molecule has 18 heavy (non-hydrogen) atoms. The molecule has 1 aromatic carbocycles. The zero-order chi connectivity index (χ0) is 13.0. The van der Waals surface area contributed by atoms with Crippen LogP contribution in [0.3, 0.4) is 0 Å². The molecule has 1 heterocycles. The number of hydrogen-bond donors (Lipinski definition) is 0. The van der Waals surface area contributed by atoms with Gasteiger partial charge in [0.2, 0.25) is 0 Å². The number of hydrogen-bond acceptors (Lipinski definition) is 3. The van der Waals surface area contributed by atoms with Crippen LogP contribution in [-0.4, -0.2) is 15.5 Å². The smallest absolute Gasteiger partial charge is 0.303 e. The van der Waals surface area contributed by atoms with E-state index in [0.29, 0.717) is 6.54 Å². The maximum absolute atomic E-state index is 13.1. The van der Waals surface area contributed by atoms with Gasteiger partial charge in [-0.25, -0.2) is 9.37 Å². The van der Waals surface area contributed by atoms with Gasteiger partial charge in [-0.05, 0) is 17.7 Å². The maximum Gasteiger partial charge on any atom is 0.303 e. The molecule has 0 amide bonds. The Balaban J connectivity index is 2.10. The van der Waals surface area contributed by atoms with Gasteiger partial charge in [0.05, 0.1) is 18.2 Å². The van der Waals surface area contributed by atoms with Gasteiger partial charge in [0.15, 0.2) is 0 Å². The second-order valence-corrected chi connectivity index (χ2v) is 3.92. The van der Waals surface area contributed by atoms with Crippen molar-refractivity contribution >= 4 is 5.97 Å². The Bertz CT molecular complexity index is 551. The maximum atomic E-state index is 13.1. The lowest BCUT2D eigenvalue weighted by molar-refractivity contribution is -0.142. The molecule has 0 atom stereocenters. The fraction of sp³-hybridized carbons (Fsp3) is 0.231. The van der Waals surface area contributed by atoms with Gasteiger partial charge in [0.25, 0.3) is 0 Å². The van der Waals surface area contributed by atoms with Gasteiger partial charge >= 0.3 is 5.97 Å². The molecule has 0 unspecified atom stereocenters. The highest BCUT2D eigenvalue weighted by molar-refractivity contribution is 5.65. The molecular formula is C13H13FN2O2. The van der Waals surface area contributed by atoms with Gasteiger partial charge in [-0.15, -0.1) is 0 Å². The molecule has 5 heteroatoms. The molecule has 0 aliphatic rings. The summed E-state index contributed by atoms with van der Waals surface area (Å²) in [5.74, 6) is -0.609. The van der Waals surface area contributed by atoms with E-state index in [0.717, 1.165) is 11.3 Å². The Morgan fingerprint density at radius 1 is 1.50 bits per heavy atom. The van der Waals surface area contributed by atoms with Crippen LogP contribution in [0.2, 0.25) is 0 Å². The standard InChI is InChI=1S/C13H13FN2O2/c1-10(17)18-8-13-6-15-9-16(13)7-11-3-2-4-12(14)5-11/h2-6,9H,7-8H2,1H3. The Labute approximate surface area is 104 Å². The minimum Gasteiger partial charge on any atom is -0.459 e. The van der Waals surface area contributed by atoms with Crippen molar-refractivity contribution in [3.63, 3.8) is 0 Å². The van der Waals surface area contributed by atoms with Crippen molar-refractivity contribution < 1.29 is 13.9 Å². The SMILES string of the molecule is CC(=O)OCc1cncn1Cc1cccc(F)c1. The number of benzene rings is 1. The lowest BCUT2D eigenvalue weighted by Crippen LogP contribution is -2.07. The van der Waals surface area contributed by atoms with Crippen molar-refractivity contribution in [3.05, 3.63) is 53.9 Å². The number of aromatic nitrogens is 2. The van der Waals surface area contributed by atoms with Crippen LogP contribution >= 0.6 is 0 Å². The minimum absolute atomic E-state index is 0.171. The van der Waals surface area contributed by atoms with Crippen LogP contribution in [0.25, 0.3) is 0 Å². The normalized spacial score (nSPS) is 10.3. The molecule has 2 rings (SSSR count). The molecule has 0 radical (unpaired) electrons. The van der Waals surface area contributed by atoms with E-state index >= 15 is 0 Å². The summed E-state index contributed by atoms with van der Waals surface area (Å²) < 4.78 is 19.8. The van der Waals surface area contributed by atoms with Crippen molar-refractivity contribution in [1.82, 2.24) is 9.55 Å². The summed E-state index contributed by atoms with van der Waals surface area (Å²) >= 11 is 0. The van der Waals surface area contributed by atoms with Crippen molar-refractivity contribution in [3.8, 4) is 0 Å². The molecule has 0 fully saturated rings. The Morgan fingerprint density at radius 2 is 2.33 bits per heavy atom. The van der Waals surface area contributed by atoms with Crippen LogP contribution in [0.5, 0.6) is 0 Å². The molecule has 4 nitrogen and oxygen atoms in total. The van der Waals surface area contributed by atoms with Crippen LogP contribution in [-0.2, 0) is 22.7 Å². The predicted molar refractivity (Wildman–Crippen MR) is 63.2 cm³/mol. The summed E-state index contributed by atoms with van der Waals surface area (Å²) in [4.78, 5) is 14.7. The largest absolute Gasteiger partial charge is 0.459 e. The van der Waals surface area contributed by atoms with Gasteiger partial charge in [-0.2, -0.15) is 0 Å². The molecule has 0 bridgehead atoms. The number of rotatable bonds is 4. The fourth-order valence-corrected chi connectivity index (χ4v) is 1.62. The van der Waals surface area contributed by atoms with Gasteiger partial charge in [0, 0.05) is 13.5 Å². The number of ether oxygens (including phenoxy) is 1. The van der Waals surface area contributed by atoms with Crippen molar-refractivity contribution in [2.75, 3.05) is 0 Å². The van der Waals surface area contributed by atoms with E-state index in [-0.39, 0.29) is 18.4 Å². The van der Waals surface area contributed by atoms with E-state index in [4.69, 9.17) is 4.74 Å². The van der Waals surface area contributed by atoms with Gasteiger partial charge in [0.1, 0.15) is 12.4 Å². The van der Waals surface area contributed by atoms with E-state index in [2.05, 4.69) is 4.98 Å². The average molecular weight is 248 g/mol. The molecule has 0 saturated carbocycles. The molecule has 0 saturated heterocycles. The Morgan fingerprint density at radius 3 is 3.06 bits per heavy atom. The van der Waals surface area contributed by atoms with Gasteiger partial charge < -0.3 is 9.30 Å². The zero-order valence-corrected chi connectivity index (χ0v) is 9.97. The van der Waals surface area contributed by atoms with Crippen LogP contribution < -0.4 is 0 Å². The first-order valence-corrected chi connectivity index (χ1v) is 5.52. The highest BCUT2D eigenvalue weighted by atomic mass is 19.1. The molecule has 94 valence electrons. The number of carbonyl (C=O) groups is 1. The lowest BCUT2D eigenvalue weighted by Gasteiger charge is -2.08. The molecule has 1 aromatic heterocycles. The van der Waals surface area contributed by atoms with Gasteiger partial charge in [-0.3, -0.25) is 4.79 Å². The third-order valence-electron chi connectivity index (χ3n) is 2.46. The summed E-state index contributed by atoms with van der Waals surface area (Å²) in [5.41, 5.74) is 1.60. The van der Waals surface area contributed by atoms with Crippen molar-refractivity contribution in [1.29, 1.82) is 0 Å². The van der Waals surface area contributed by atoms with Crippen LogP contribution in [0.1, 0.15) is 18.2 Å². The third-order valence-corrected chi connectivity index (χ3v) is 2.46. The quantitative estimate of drug-likeness (QED) is 0.778. The summed E-state index contributed by atoms with van der Waals surface area (Å²) in [6, 6.07) is 6.36. The number of esters is 1. The number of halogens is 1. The molecule has 0 N–H and O–H groups in total. The summed E-state index contributed by atoms with van der Waals surface area (Å²) in [6.07, 6.45) is 3.26. The number of imidazole rings is 1. The summed E-state index contributed by atoms with van der Waals surface area (Å²) in [7, 11) is 0. The molecule has 0 aliphatic heterocycles. The molecular weight excluding hydrogens is 235 g/mol. The number of carbonyl (C=O) groups excluding carboxylic acids is 1. The monoisotopic (exact) mass is 248 g/mol. The zero-order valence-electron chi connectivity index (χ0n) is 9.97.